The van der Waals surface area contributed by atoms with Gasteiger partial charge in [-0.3, -0.25) is 9.59 Å². The van der Waals surface area contributed by atoms with Crippen molar-refractivity contribution < 1.29 is 19.1 Å². The van der Waals surface area contributed by atoms with Crippen molar-refractivity contribution in [2.45, 2.75) is 19.4 Å². The molecular formula is C24H24N2O4. The first-order valence-electron chi connectivity index (χ1n) is 9.67. The lowest BCUT2D eigenvalue weighted by Gasteiger charge is -2.17. The topological polar surface area (TPSA) is 76.7 Å². The van der Waals surface area contributed by atoms with Crippen molar-refractivity contribution in [2.24, 2.45) is 0 Å². The van der Waals surface area contributed by atoms with Crippen molar-refractivity contribution in [3.63, 3.8) is 0 Å². The zero-order valence-electron chi connectivity index (χ0n) is 16.9. The fourth-order valence-corrected chi connectivity index (χ4v) is 2.86. The molecule has 0 spiro atoms. The Bertz CT molecular complexity index is 988. The zero-order valence-corrected chi connectivity index (χ0v) is 16.9. The molecule has 0 aliphatic rings. The molecule has 0 aromatic heterocycles. The molecule has 3 aromatic carbocycles. The highest BCUT2D eigenvalue weighted by Crippen LogP contribution is 2.24. The normalized spacial score (nSPS) is 11.3. The van der Waals surface area contributed by atoms with Gasteiger partial charge in [-0.05, 0) is 55.0 Å². The number of hydrogen-bond donors (Lipinski definition) is 2. The van der Waals surface area contributed by atoms with Crippen LogP contribution in [0.1, 0.15) is 23.7 Å². The van der Waals surface area contributed by atoms with Crippen molar-refractivity contribution in [1.82, 2.24) is 0 Å². The van der Waals surface area contributed by atoms with Gasteiger partial charge in [0.05, 0.1) is 12.8 Å². The van der Waals surface area contributed by atoms with Crippen LogP contribution in [0.2, 0.25) is 0 Å². The fraction of sp³-hybridized carbons (Fsp3) is 0.167. The number of amides is 2. The molecule has 6 nitrogen and oxygen atoms in total. The fourth-order valence-electron chi connectivity index (χ4n) is 2.86. The van der Waals surface area contributed by atoms with E-state index in [9.17, 15) is 9.59 Å². The molecule has 3 rings (SSSR count). The Labute approximate surface area is 175 Å². The van der Waals surface area contributed by atoms with E-state index in [-0.39, 0.29) is 11.8 Å². The average Bonchev–Trinajstić information content (AvgIpc) is 2.79. The van der Waals surface area contributed by atoms with E-state index in [1.807, 2.05) is 49.4 Å². The van der Waals surface area contributed by atoms with E-state index in [1.165, 1.54) is 0 Å². The lowest BCUT2D eigenvalue weighted by atomic mass is 10.1. The molecule has 0 heterocycles. The first-order valence-corrected chi connectivity index (χ1v) is 9.67. The van der Waals surface area contributed by atoms with E-state index in [1.54, 1.807) is 43.5 Å². The Balaban J connectivity index is 1.62. The largest absolute Gasteiger partial charge is 0.495 e. The molecule has 6 heteroatoms. The van der Waals surface area contributed by atoms with Crippen LogP contribution in [0.15, 0.2) is 78.9 Å². The van der Waals surface area contributed by atoms with Crippen molar-refractivity contribution in [3.8, 4) is 11.5 Å². The van der Waals surface area contributed by atoms with E-state index < -0.39 is 6.10 Å². The third kappa shape index (κ3) is 5.38. The highest BCUT2D eigenvalue weighted by atomic mass is 16.5. The van der Waals surface area contributed by atoms with E-state index in [2.05, 4.69) is 10.6 Å². The summed E-state index contributed by atoms with van der Waals surface area (Å²) in [6.07, 6.45) is -0.0824. The Hall–Kier alpha value is -3.80. The highest BCUT2D eigenvalue weighted by Gasteiger charge is 2.18. The molecule has 2 N–H and O–H groups in total. The molecule has 3 aromatic rings. The number of ether oxygens (including phenoxy) is 2. The van der Waals surface area contributed by atoms with Gasteiger partial charge in [-0.2, -0.15) is 0 Å². The molecule has 0 bridgehead atoms. The number of para-hydroxylation sites is 3. The minimum absolute atomic E-state index is 0.243. The quantitative estimate of drug-likeness (QED) is 0.568. The molecule has 154 valence electrons. The SMILES string of the molecule is CC[C@H](Oc1ccccc1)C(=O)Nc1ccc(C(=O)Nc2ccccc2OC)cc1. The maximum Gasteiger partial charge on any atom is 0.265 e. The van der Waals surface area contributed by atoms with Gasteiger partial charge in [-0.15, -0.1) is 0 Å². The molecule has 0 aliphatic carbocycles. The lowest BCUT2D eigenvalue weighted by molar-refractivity contribution is -0.122. The minimum Gasteiger partial charge on any atom is -0.495 e. The molecular weight excluding hydrogens is 380 g/mol. The number of methoxy groups -OCH3 is 1. The summed E-state index contributed by atoms with van der Waals surface area (Å²) in [4.78, 5) is 25.0. The summed E-state index contributed by atoms with van der Waals surface area (Å²) in [6.45, 7) is 1.89. The molecule has 0 radical (unpaired) electrons. The van der Waals surface area contributed by atoms with E-state index in [0.29, 0.717) is 34.9 Å². The lowest BCUT2D eigenvalue weighted by Crippen LogP contribution is -2.32. The molecule has 0 saturated carbocycles. The number of rotatable bonds is 8. The van der Waals surface area contributed by atoms with Crippen LogP contribution in [0.3, 0.4) is 0 Å². The van der Waals surface area contributed by atoms with Crippen molar-refractivity contribution in [3.05, 3.63) is 84.4 Å². The van der Waals surface area contributed by atoms with Crippen LogP contribution in [0.5, 0.6) is 11.5 Å². The maximum atomic E-state index is 12.5. The van der Waals surface area contributed by atoms with Crippen LogP contribution >= 0.6 is 0 Å². The smallest absolute Gasteiger partial charge is 0.265 e. The van der Waals surface area contributed by atoms with Gasteiger partial charge < -0.3 is 20.1 Å². The average molecular weight is 404 g/mol. The third-order valence-electron chi connectivity index (χ3n) is 4.45. The van der Waals surface area contributed by atoms with Gasteiger partial charge in [0.25, 0.3) is 11.8 Å². The van der Waals surface area contributed by atoms with Crippen LogP contribution in [0, 0.1) is 0 Å². The number of benzene rings is 3. The highest BCUT2D eigenvalue weighted by molar-refractivity contribution is 6.05. The predicted octanol–water partition coefficient (Wildman–Crippen LogP) is 4.74. The molecule has 0 saturated heterocycles. The zero-order chi connectivity index (χ0) is 21.3. The summed E-state index contributed by atoms with van der Waals surface area (Å²) in [5.41, 5.74) is 1.64. The Morgan fingerprint density at radius 2 is 1.53 bits per heavy atom. The van der Waals surface area contributed by atoms with Gasteiger partial charge in [0.1, 0.15) is 11.5 Å². The predicted molar refractivity (Wildman–Crippen MR) is 117 cm³/mol. The van der Waals surface area contributed by atoms with Crippen molar-refractivity contribution in [2.75, 3.05) is 17.7 Å². The summed E-state index contributed by atoms with van der Waals surface area (Å²) < 4.78 is 11.0. The summed E-state index contributed by atoms with van der Waals surface area (Å²) >= 11 is 0. The second-order valence-corrected chi connectivity index (χ2v) is 6.55. The van der Waals surface area contributed by atoms with Crippen LogP contribution < -0.4 is 20.1 Å². The molecule has 30 heavy (non-hydrogen) atoms. The van der Waals surface area contributed by atoms with Gasteiger partial charge in [0.2, 0.25) is 0 Å². The first kappa shape index (κ1) is 20.9. The van der Waals surface area contributed by atoms with Crippen LogP contribution in [-0.4, -0.2) is 25.0 Å². The molecule has 0 aliphatic heterocycles. The second kappa shape index (κ2) is 10.1. The second-order valence-electron chi connectivity index (χ2n) is 6.55. The van der Waals surface area contributed by atoms with Gasteiger partial charge in [0.15, 0.2) is 6.10 Å². The summed E-state index contributed by atoms with van der Waals surface area (Å²) in [7, 11) is 1.55. The van der Waals surface area contributed by atoms with E-state index in [4.69, 9.17) is 9.47 Å². The number of anilines is 2. The Kier molecular flexibility index (Phi) is 7.05. The standard InChI is InChI=1S/C24H24N2O4/c1-3-21(30-19-9-5-4-6-10-19)24(28)25-18-15-13-17(14-16-18)23(27)26-20-11-7-8-12-22(20)29-2/h4-16,21H,3H2,1-2H3,(H,25,28)(H,26,27)/t21-/m0/s1. The maximum absolute atomic E-state index is 12.5. The molecule has 1 atom stereocenters. The number of hydrogen-bond acceptors (Lipinski definition) is 4. The molecule has 2 amide bonds. The third-order valence-corrected chi connectivity index (χ3v) is 4.45. The monoisotopic (exact) mass is 404 g/mol. The van der Waals surface area contributed by atoms with Gasteiger partial charge in [-0.25, -0.2) is 0 Å². The van der Waals surface area contributed by atoms with Gasteiger partial charge in [0, 0.05) is 11.3 Å². The van der Waals surface area contributed by atoms with Crippen LogP contribution in [-0.2, 0) is 4.79 Å². The molecule has 0 fully saturated rings. The van der Waals surface area contributed by atoms with Crippen molar-refractivity contribution >= 4 is 23.2 Å². The van der Waals surface area contributed by atoms with Gasteiger partial charge >= 0.3 is 0 Å². The minimum atomic E-state index is -0.610. The summed E-state index contributed by atoms with van der Waals surface area (Å²) in [5, 5.41) is 5.65. The number of carbonyl (C=O) groups excluding carboxylic acids is 2. The van der Waals surface area contributed by atoms with Crippen LogP contribution in [0.4, 0.5) is 11.4 Å². The number of nitrogens with one attached hydrogen (secondary N) is 2. The van der Waals surface area contributed by atoms with E-state index in [0.717, 1.165) is 0 Å². The first-order chi connectivity index (χ1) is 14.6. The summed E-state index contributed by atoms with van der Waals surface area (Å²) in [5.74, 6) is 0.713. The molecule has 0 unspecified atom stereocenters. The Morgan fingerprint density at radius 1 is 0.867 bits per heavy atom. The van der Waals surface area contributed by atoms with Crippen LogP contribution in [0.25, 0.3) is 0 Å². The Morgan fingerprint density at radius 3 is 2.20 bits per heavy atom. The van der Waals surface area contributed by atoms with E-state index >= 15 is 0 Å². The van der Waals surface area contributed by atoms with Gasteiger partial charge in [-0.1, -0.05) is 37.3 Å². The number of carbonyl (C=O) groups is 2. The van der Waals surface area contributed by atoms with Crippen molar-refractivity contribution in [1.29, 1.82) is 0 Å². The summed E-state index contributed by atoms with van der Waals surface area (Å²) in [6, 6.07) is 23.1.